The second-order valence-corrected chi connectivity index (χ2v) is 4.23. The van der Waals surface area contributed by atoms with Gasteiger partial charge >= 0.3 is 0 Å². The number of hydrogen-bond donors (Lipinski definition) is 3. The lowest BCUT2D eigenvalue weighted by molar-refractivity contribution is 0.0952. The van der Waals surface area contributed by atoms with Gasteiger partial charge in [-0.3, -0.25) is 4.79 Å². The zero-order chi connectivity index (χ0) is 12.7. The Labute approximate surface area is 101 Å². The van der Waals surface area contributed by atoms with E-state index in [4.69, 9.17) is 10.2 Å². The smallest absolute Gasteiger partial charge is 0.251 e. The van der Waals surface area contributed by atoms with Crippen molar-refractivity contribution in [1.82, 2.24) is 5.32 Å². The molecule has 1 rings (SSSR count). The average molecular weight is 237 g/mol. The fourth-order valence-electron chi connectivity index (χ4n) is 1.46. The highest BCUT2D eigenvalue weighted by Crippen LogP contribution is 2.09. The summed E-state index contributed by atoms with van der Waals surface area (Å²) in [5.74, 6) is 0.292. The monoisotopic (exact) mass is 237 g/mol. The first kappa shape index (κ1) is 13.5. The van der Waals surface area contributed by atoms with Crippen LogP contribution in [0.1, 0.15) is 30.1 Å². The molecule has 17 heavy (non-hydrogen) atoms. The molecule has 1 amide bonds. The van der Waals surface area contributed by atoms with Crippen LogP contribution in [0.2, 0.25) is 0 Å². The van der Waals surface area contributed by atoms with Crippen LogP contribution in [0.5, 0.6) is 5.75 Å². The molecule has 1 aromatic rings. The molecule has 1 atom stereocenters. The van der Waals surface area contributed by atoms with Crippen molar-refractivity contribution in [2.24, 2.45) is 5.92 Å². The number of amides is 1. The fourth-order valence-corrected chi connectivity index (χ4v) is 1.46. The maximum Gasteiger partial charge on any atom is 0.251 e. The second kappa shape index (κ2) is 6.91. The summed E-state index contributed by atoms with van der Waals surface area (Å²) in [5.41, 5.74) is 0.540. The summed E-state index contributed by atoms with van der Waals surface area (Å²) in [6.45, 7) is 2.76. The van der Waals surface area contributed by atoms with Crippen LogP contribution < -0.4 is 5.32 Å². The Kier molecular flexibility index (Phi) is 5.49. The lowest BCUT2D eigenvalue weighted by Gasteiger charge is -2.08. The number of aliphatic hydroxyl groups excluding tert-OH is 1. The molecule has 0 spiro atoms. The van der Waals surface area contributed by atoms with Crippen LogP contribution in [0.25, 0.3) is 0 Å². The highest BCUT2D eigenvalue weighted by molar-refractivity contribution is 5.94. The van der Waals surface area contributed by atoms with Crippen LogP contribution in [0.4, 0.5) is 0 Å². The van der Waals surface area contributed by atoms with Gasteiger partial charge in [-0.05, 0) is 43.0 Å². The van der Waals surface area contributed by atoms with Crippen molar-refractivity contribution in [2.75, 3.05) is 13.2 Å². The number of hydrogen-bond acceptors (Lipinski definition) is 3. The Balaban J connectivity index is 2.28. The highest BCUT2D eigenvalue weighted by Gasteiger charge is 2.05. The molecule has 1 aromatic carbocycles. The molecule has 0 saturated heterocycles. The number of benzene rings is 1. The van der Waals surface area contributed by atoms with Gasteiger partial charge in [0.2, 0.25) is 0 Å². The zero-order valence-corrected chi connectivity index (χ0v) is 10.0. The molecule has 0 fully saturated rings. The molecule has 0 radical (unpaired) electrons. The molecule has 0 aliphatic carbocycles. The van der Waals surface area contributed by atoms with Crippen LogP contribution in [-0.4, -0.2) is 29.3 Å². The lowest BCUT2D eigenvalue weighted by atomic mass is 10.1. The van der Waals surface area contributed by atoms with Crippen LogP contribution >= 0.6 is 0 Å². The Morgan fingerprint density at radius 1 is 1.35 bits per heavy atom. The molecular weight excluding hydrogens is 218 g/mol. The van der Waals surface area contributed by atoms with Gasteiger partial charge in [0.05, 0.1) is 0 Å². The van der Waals surface area contributed by atoms with Crippen molar-refractivity contribution in [2.45, 2.75) is 19.8 Å². The maximum atomic E-state index is 11.6. The van der Waals surface area contributed by atoms with Crippen molar-refractivity contribution in [3.8, 4) is 5.75 Å². The van der Waals surface area contributed by atoms with E-state index in [9.17, 15) is 4.79 Å². The first-order chi connectivity index (χ1) is 8.13. The van der Waals surface area contributed by atoms with Crippen molar-refractivity contribution >= 4 is 5.91 Å². The van der Waals surface area contributed by atoms with Gasteiger partial charge in [-0.2, -0.15) is 0 Å². The van der Waals surface area contributed by atoms with Crippen molar-refractivity contribution < 1.29 is 15.0 Å². The van der Waals surface area contributed by atoms with E-state index in [1.807, 2.05) is 6.92 Å². The van der Waals surface area contributed by atoms with Crippen LogP contribution in [0.3, 0.4) is 0 Å². The minimum atomic E-state index is -0.137. The minimum Gasteiger partial charge on any atom is -0.508 e. The maximum absolute atomic E-state index is 11.6. The summed E-state index contributed by atoms with van der Waals surface area (Å²) < 4.78 is 0. The molecule has 0 heterocycles. The van der Waals surface area contributed by atoms with Gasteiger partial charge in [0.15, 0.2) is 0 Å². The molecule has 94 valence electrons. The highest BCUT2D eigenvalue weighted by atomic mass is 16.3. The van der Waals surface area contributed by atoms with Gasteiger partial charge in [-0.25, -0.2) is 0 Å². The molecule has 0 bridgehead atoms. The van der Waals surface area contributed by atoms with E-state index in [2.05, 4.69) is 5.32 Å². The Bertz CT molecular complexity index is 348. The van der Waals surface area contributed by atoms with E-state index in [0.717, 1.165) is 12.8 Å². The SMILES string of the molecule is CC(CO)CCCNC(=O)c1ccc(O)cc1. The normalized spacial score (nSPS) is 12.1. The van der Waals surface area contributed by atoms with E-state index in [-0.39, 0.29) is 24.2 Å². The molecule has 3 N–H and O–H groups in total. The van der Waals surface area contributed by atoms with Crippen molar-refractivity contribution in [1.29, 1.82) is 0 Å². The average Bonchev–Trinajstić information content (AvgIpc) is 2.34. The van der Waals surface area contributed by atoms with Gasteiger partial charge in [0, 0.05) is 18.7 Å². The number of carbonyl (C=O) groups is 1. The van der Waals surface area contributed by atoms with E-state index >= 15 is 0 Å². The lowest BCUT2D eigenvalue weighted by Crippen LogP contribution is -2.24. The van der Waals surface area contributed by atoms with E-state index in [0.29, 0.717) is 12.1 Å². The Morgan fingerprint density at radius 3 is 2.59 bits per heavy atom. The summed E-state index contributed by atoms with van der Waals surface area (Å²) in [7, 11) is 0. The van der Waals surface area contributed by atoms with E-state index < -0.39 is 0 Å². The molecular formula is C13H19NO3. The first-order valence-corrected chi connectivity index (χ1v) is 5.81. The van der Waals surface area contributed by atoms with Crippen molar-refractivity contribution in [3.63, 3.8) is 0 Å². The number of aliphatic hydroxyl groups is 1. The predicted octanol–water partition coefficient (Wildman–Crippen LogP) is 1.53. The third-order valence-corrected chi connectivity index (χ3v) is 2.60. The second-order valence-electron chi connectivity index (χ2n) is 4.23. The van der Waals surface area contributed by atoms with E-state index in [1.165, 1.54) is 12.1 Å². The quantitative estimate of drug-likeness (QED) is 0.657. The van der Waals surface area contributed by atoms with Crippen LogP contribution in [-0.2, 0) is 0 Å². The summed E-state index contributed by atoms with van der Waals surface area (Å²) in [6.07, 6.45) is 1.75. The Hall–Kier alpha value is -1.55. The van der Waals surface area contributed by atoms with Gasteiger partial charge in [-0.1, -0.05) is 6.92 Å². The van der Waals surface area contributed by atoms with Crippen molar-refractivity contribution in [3.05, 3.63) is 29.8 Å². The summed E-state index contributed by atoms with van der Waals surface area (Å²) in [4.78, 5) is 11.6. The number of carbonyl (C=O) groups excluding carboxylic acids is 1. The van der Waals surface area contributed by atoms with Gasteiger partial charge in [-0.15, -0.1) is 0 Å². The summed E-state index contributed by atoms with van der Waals surface area (Å²) >= 11 is 0. The van der Waals surface area contributed by atoms with E-state index in [1.54, 1.807) is 12.1 Å². The third-order valence-electron chi connectivity index (χ3n) is 2.60. The molecule has 4 nitrogen and oxygen atoms in total. The minimum absolute atomic E-state index is 0.137. The van der Waals surface area contributed by atoms with Gasteiger partial charge in [0.25, 0.3) is 5.91 Å². The molecule has 1 unspecified atom stereocenters. The molecule has 4 heteroatoms. The van der Waals surface area contributed by atoms with Gasteiger partial charge in [0.1, 0.15) is 5.75 Å². The van der Waals surface area contributed by atoms with Crippen LogP contribution in [0, 0.1) is 5.92 Å². The van der Waals surface area contributed by atoms with Gasteiger partial charge < -0.3 is 15.5 Å². The largest absolute Gasteiger partial charge is 0.508 e. The number of aromatic hydroxyl groups is 1. The fraction of sp³-hybridized carbons (Fsp3) is 0.462. The molecule has 0 saturated carbocycles. The number of phenolic OH excluding ortho intramolecular Hbond substituents is 1. The molecule has 0 aromatic heterocycles. The topological polar surface area (TPSA) is 69.6 Å². The Morgan fingerprint density at radius 2 is 2.00 bits per heavy atom. The summed E-state index contributed by atoms with van der Waals surface area (Å²) in [6, 6.07) is 6.15. The third kappa shape index (κ3) is 4.87. The zero-order valence-electron chi connectivity index (χ0n) is 10.0. The number of rotatable bonds is 6. The predicted molar refractivity (Wildman–Crippen MR) is 65.9 cm³/mol. The molecule has 0 aliphatic heterocycles. The summed E-state index contributed by atoms with van der Waals surface area (Å²) in [5, 5.41) is 20.7. The number of nitrogens with one attached hydrogen (secondary N) is 1. The number of phenols is 1. The first-order valence-electron chi connectivity index (χ1n) is 5.81. The molecule has 0 aliphatic rings. The van der Waals surface area contributed by atoms with Crippen LogP contribution in [0.15, 0.2) is 24.3 Å². The standard InChI is InChI=1S/C13H19NO3/c1-10(9-15)3-2-8-14-13(17)11-4-6-12(16)7-5-11/h4-7,10,15-16H,2-3,8-9H2,1H3,(H,14,17).